The number of ether oxygens (including phenoxy) is 3. The molecule has 9 nitrogen and oxygen atoms in total. The van der Waals surface area contributed by atoms with E-state index in [1.54, 1.807) is 55.5 Å². The second-order valence-electron chi connectivity index (χ2n) is 8.16. The van der Waals surface area contributed by atoms with Crippen molar-refractivity contribution in [3.05, 3.63) is 77.9 Å². The van der Waals surface area contributed by atoms with Crippen molar-refractivity contribution in [1.82, 2.24) is 0 Å². The fourth-order valence-corrected chi connectivity index (χ4v) is 4.39. The molecule has 0 spiro atoms. The summed E-state index contributed by atoms with van der Waals surface area (Å²) in [5.41, 5.74) is 1.85. The van der Waals surface area contributed by atoms with Crippen LogP contribution in [0.2, 0.25) is 0 Å². The zero-order chi connectivity index (χ0) is 26.8. The van der Waals surface area contributed by atoms with Crippen LogP contribution in [0.4, 0.5) is 11.4 Å². The Labute approximate surface area is 216 Å². The predicted octanol–water partition coefficient (Wildman–Crippen LogP) is 4.78. The van der Waals surface area contributed by atoms with Gasteiger partial charge < -0.3 is 19.5 Å². The van der Waals surface area contributed by atoms with Crippen LogP contribution >= 0.6 is 0 Å². The highest BCUT2D eigenvalue weighted by Gasteiger charge is 2.16. The van der Waals surface area contributed by atoms with Crippen molar-refractivity contribution in [1.29, 1.82) is 0 Å². The largest absolute Gasteiger partial charge is 0.497 e. The summed E-state index contributed by atoms with van der Waals surface area (Å²) in [6.07, 6.45) is 1.74. The van der Waals surface area contributed by atoms with E-state index in [1.165, 1.54) is 25.3 Å². The minimum atomic E-state index is -3.82. The lowest BCUT2D eigenvalue weighted by molar-refractivity contribution is -0.118. The van der Waals surface area contributed by atoms with E-state index in [9.17, 15) is 18.0 Å². The lowest BCUT2D eigenvalue weighted by Crippen LogP contribution is -2.20. The second-order valence-corrected chi connectivity index (χ2v) is 9.85. The van der Waals surface area contributed by atoms with Crippen LogP contribution in [-0.4, -0.2) is 40.6 Å². The number of nitrogens with one attached hydrogen (secondary N) is 2. The van der Waals surface area contributed by atoms with Crippen LogP contribution < -0.4 is 19.5 Å². The van der Waals surface area contributed by atoms with Gasteiger partial charge in [0.1, 0.15) is 11.5 Å². The summed E-state index contributed by atoms with van der Waals surface area (Å²) in [6.45, 7) is 3.80. The van der Waals surface area contributed by atoms with Gasteiger partial charge in [-0.05, 0) is 85.6 Å². The average Bonchev–Trinajstić information content (AvgIpc) is 2.88. The molecule has 37 heavy (non-hydrogen) atoms. The van der Waals surface area contributed by atoms with Crippen LogP contribution in [0.15, 0.2) is 71.6 Å². The number of carbonyl (C=O) groups excluding carboxylic acids is 2. The zero-order valence-corrected chi connectivity index (χ0v) is 21.8. The second kappa shape index (κ2) is 12.8. The number of amides is 1. The Balaban J connectivity index is 1.54. The van der Waals surface area contributed by atoms with Crippen molar-refractivity contribution < 1.29 is 32.2 Å². The number of rotatable bonds is 12. The molecule has 3 rings (SSSR count). The van der Waals surface area contributed by atoms with Crippen LogP contribution in [0, 0.1) is 6.92 Å². The van der Waals surface area contributed by atoms with Crippen molar-refractivity contribution in [2.24, 2.45) is 0 Å². The molecule has 0 aliphatic heterocycles. The molecule has 0 atom stereocenters. The lowest BCUT2D eigenvalue weighted by Gasteiger charge is -2.13. The summed E-state index contributed by atoms with van der Waals surface area (Å²) >= 11 is 0. The monoisotopic (exact) mass is 526 g/mol. The summed E-state index contributed by atoms with van der Waals surface area (Å²) in [5.74, 6) is 0.179. The van der Waals surface area contributed by atoms with Crippen LogP contribution in [0.3, 0.4) is 0 Å². The Morgan fingerprint density at radius 1 is 0.919 bits per heavy atom. The quantitative estimate of drug-likeness (QED) is 0.257. The Kier molecular flexibility index (Phi) is 9.51. The standard InChI is InChI=1S/C27H30N2O7S/c1-4-5-16-35-27(31)20-6-8-21(9-7-20)28-26(30)18-36-25-15-14-24(17-19(25)2)37(32,33)29-22-10-12-23(34-3)13-11-22/h6-15,17,29H,4-5,16,18H2,1-3H3,(H,28,30). The Morgan fingerprint density at radius 2 is 1.59 bits per heavy atom. The molecule has 2 N–H and O–H groups in total. The maximum Gasteiger partial charge on any atom is 0.338 e. The van der Waals surface area contributed by atoms with Gasteiger partial charge in [0.15, 0.2) is 6.61 Å². The van der Waals surface area contributed by atoms with Crippen LogP contribution in [-0.2, 0) is 19.6 Å². The topological polar surface area (TPSA) is 120 Å². The third-order valence-corrected chi connectivity index (χ3v) is 6.67. The first kappa shape index (κ1) is 27.5. The highest BCUT2D eigenvalue weighted by atomic mass is 32.2. The number of esters is 1. The van der Waals surface area contributed by atoms with Gasteiger partial charge in [0.05, 0.1) is 24.2 Å². The molecule has 10 heteroatoms. The van der Waals surface area contributed by atoms with E-state index in [0.29, 0.717) is 40.6 Å². The SMILES string of the molecule is CCCCOC(=O)c1ccc(NC(=O)COc2ccc(S(=O)(=O)Nc3ccc(OC)cc3)cc2C)cc1. The lowest BCUT2D eigenvalue weighted by atomic mass is 10.2. The highest BCUT2D eigenvalue weighted by Crippen LogP contribution is 2.24. The first-order valence-corrected chi connectivity index (χ1v) is 13.2. The van der Waals surface area contributed by atoms with Gasteiger partial charge in [-0.1, -0.05) is 13.3 Å². The number of aryl methyl sites for hydroxylation is 1. The van der Waals surface area contributed by atoms with E-state index in [0.717, 1.165) is 12.8 Å². The smallest absolute Gasteiger partial charge is 0.338 e. The summed E-state index contributed by atoms with van der Waals surface area (Å²) in [4.78, 5) is 24.4. The number of sulfonamides is 1. The molecule has 0 heterocycles. The number of carbonyl (C=O) groups is 2. The van der Waals surface area contributed by atoms with E-state index < -0.39 is 21.9 Å². The van der Waals surface area contributed by atoms with Crippen LogP contribution in [0.5, 0.6) is 11.5 Å². The first-order chi connectivity index (χ1) is 17.7. The Hall–Kier alpha value is -4.05. The molecular formula is C27H30N2O7S. The maximum atomic E-state index is 12.7. The van der Waals surface area contributed by atoms with E-state index in [2.05, 4.69) is 10.0 Å². The number of hydrogen-bond donors (Lipinski definition) is 2. The van der Waals surface area contributed by atoms with Crippen molar-refractivity contribution in [2.45, 2.75) is 31.6 Å². The Morgan fingerprint density at radius 3 is 2.22 bits per heavy atom. The number of hydrogen-bond acceptors (Lipinski definition) is 7. The van der Waals surface area contributed by atoms with Crippen LogP contribution in [0.25, 0.3) is 0 Å². The number of anilines is 2. The van der Waals surface area contributed by atoms with E-state index in [1.807, 2.05) is 6.92 Å². The summed E-state index contributed by atoms with van der Waals surface area (Å²) in [5, 5.41) is 2.69. The minimum absolute atomic E-state index is 0.0610. The Bertz CT molecular complexity index is 1320. The van der Waals surface area contributed by atoms with Gasteiger partial charge in [-0.3, -0.25) is 9.52 Å². The molecule has 0 aliphatic rings. The van der Waals surface area contributed by atoms with Gasteiger partial charge in [0.2, 0.25) is 0 Å². The molecule has 0 bridgehead atoms. The number of methoxy groups -OCH3 is 1. The fourth-order valence-electron chi connectivity index (χ4n) is 3.25. The van der Waals surface area contributed by atoms with Crippen molar-refractivity contribution in [3.8, 4) is 11.5 Å². The third kappa shape index (κ3) is 7.97. The molecular weight excluding hydrogens is 496 g/mol. The van der Waals surface area contributed by atoms with Crippen LogP contribution in [0.1, 0.15) is 35.7 Å². The normalized spacial score (nSPS) is 10.9. The van der Waals surface area contributed by atoms with Crippen molar-refractivity contribution >= 4 is 33.3 Å². The maximum absolute atomic E-state index is 12.7. The predicted molar refractivity (Wildman–Crippen MR) is 141 cm³/mol. The molecule has 3 aromatic rings. The molecule has 196 valence electrons. The molecule has 1 amide bonds. The molecule has 0 radical (unpaired) electrons. The highest BCUT2D eigenvalue weighted by molar-refractivity contribution is 7.92. The number of benzene rings is 3. The van der Waals surface area contributed by atoms with Gasteiger partial charge in [0.25, 0.3) is 15.9 Å². The number of unbranched alkanes of at least 4 members (excludes halogenated alkanes) is 1. The third-order valence-electron chi connectivity index (χ3n) is 5.29. The van der Waals surface area contributed by atoms with Gasteiger partial charge in [0, 0.05) is 11.4 Å². The van der Waals surface area contributed by atoms with E-state index in [4.69, 9.17) is 14.2 Å². The summed E-state index contributed by atoms with van der Waals surface area (Å²) in [6, 6.07) is 17.3. The van der Waals surface area contributed by atoms with E-state index >= 15 is 0 Å². The van der Waals surface area contributed by atoms with Gasteiger partial charge >= 0.3 is 5.97 Å². The van der Waals surface area contributed by atoms with Crippen molar-refractivity contribution in [3.63, 3.8) is 0 Å². The summed E-state index contributed by atoms with van der Waals surface area (Å²) in [7, 11) is -2.29. The van der Waals surface area contributed by atoms with Gasteiger partial charge in [-0.15, -0.1) is 0 Å². The molecule has 0 aliphatic carbocycles. The first-order valence-electron chi connectivity index (χ1n) is 11.7. The molecule has 0 unspecified atom stereocenters. The molecule has 3 aromatic carbocycles. The molecule has 0 saturated carbocycles. The summed E-state index contributed by atoms with van der Waals surface area (Å²) < 4.78 is 43.8. The molecule has 0 fully saturated rings. The van der Waals surface area contributed by atoms with E-state index in [-0.39, 0.29) is 11.5 Å². The average molecular weight is 527 g/mol. The van der Waals surface area contributed by atoms with Gasteiger partial charge in [-0.2, -0.15) is 0 Å². The minimum Gasteiger partial charge on any atom is -0.497 e. The van der Waals surface area contributed by atoms with Gasteiger partial charge in [-0.25, -0.2) is 13.2 Å². The molecule has 0 saturated heterocycles. The molecule has 0 aromatic heterocycles. The zero-order valence-electron chi connectivity index (χ0n) is 20.9. The fraction of sp³-hybridized carbons (Fsp3) is 0.259. The van der Waals surface area contributed by atoms with Crippen molar-refractivity contribution in [2.75, 3.05) is 30.4 Å².